The summed E-state index contributed by atoms with van der Waals surface area (Å²) in [5.74, 6) is 1.15. The smallest absolute Gasteiger partial charge is 0.0608 e. The van der Waals surface area contributed by atoms with Crippen LogP contribution >= 0.6 is 11.8 Å². The lowest BCUT2D eigenvalue weighted by molar-refractivity contribution is -0.0321. The summed E-state index contributed by atoms with van der Waals surface area (Å²) in [4.78, 5) is 0. The van der Waals surface area contributed by atoms with Crippen molar-refractivity contribution in [2.75, 3.05) is 18.6 Å². The minimum Gasteiger partial charge on any atom is -0.393 e. The molecule has 1 aliphatic rings. The van der Waals surface area contributed by atoms with Crippen molar-refractivity contribution in [1.29, 1.82) is 0 Å². The van der Waals surface area contributed by atoms with E-state index in [0.29, 0.717) is 6.54 Å². The van der Waals surface area contributed by atoms with E-state index < -0.39 is 0 Å². The number of nitrogens with two attached hydrogens (primary N) is 1. The van der Waals surface area contributed by atoms with Gasteiger partial charge in [0.25, 0.3) is 0 Å². The molecule has 1 atom stereocenters. The van der Waals surface area contributed by atoms with E-state index in [1.165, 1.54) is 6.42 Å². The first kappa shape index (κ1) is 11.3. The highest BCUT2D eigenvalue weighted by Gasteiger charge is 2.41. The van der Waals surface area contributed by atoms with E-state index in [2.05, 4.69) is 6.26 Å². The van der Waals surface area contributed by atoms with Crippen molar-refractivity contribution in [3.8, 4) is 0 Å². The van der Waals surface area contributed by atoms with Gasteiger partial charge in [-0.05, 0) is 37.7 Å². The summed E-state index contributed by atoms with van der Waals surface area (Å²) in [5.41, 5.74) is 5.80. The third-order valence-corrected chi connectivity index (χ3v) is 3.99. The first-order valence-corrected chi connectivity index (χ1v) is 6.51. The standard InChI is InChI=1S/C10H21NOS/c1-13-7-2-4-9(12)10(8-11)5-3-6-10/h9,12H,2-8,11H2,1H3. The Balaban J connectivity index is 2.24. The Bertz CT molecular complexity index is 142. The molecule has 0 spiro atoms. The lowest BCUT2D eigenvalue weighted by atomic mass is 9.64. The van der Waals surface area contributed by atoms with Gasteiger partial charge in [-0.3, -0.25) is 0 Å². The van der Waals surface area contributed by atoms with Gasteiger partial charge in [0.15, 0.2) is 0 Å². The molecule has 3 N–H and O–H groups in total. The van der Waals surface area contributed by atoms with Gasteiger partial charge in [0.2, 0.25) is 0 Å². The molecule has 78 valence electrons. The second kappa shape index (κ2) is 5.23. The highest BCUT2D eigenvalue weighted by atomic mass is 32.2. The van der Waals surface area contributed by atoms with Crippen molar-refractivity contribution in [3.05, 3.63) is 0 Å². The van der Waals surface area contributed by atoms with Gasteiger partial charge >= 0.3 is 0 Å². The Kier molecular flexibility index (Phi) is 4.56. The molecule has 0 saturated heterocycles. The van der Waals surface area contributed by atoms with Crippen molar-refractivity contribution in [3.63, 3.8) is 0 Å². The van der Waals surface area contributed by atoms with E-state index in [9.17, 15) is 5.11 Å². The predicted molar refractivity (Wildman–Crippen MR) is 59.0 cm³/mol. The van der Waals surface area contributed by atoms with Gasteiger partial charge in [-0.25, -0.2) is 0 Å². The zero-order valence-corrected chi connectivity index (χ0v) is 9.28. The second-order valence-corrected chi connectivity index (χ2v) is 5.06. The molecule has 0 bridgehead atoms. The highest BCUT2D eigenvalue weighted by molar-refractivity contribution is 7.98. The van der Waals surface area contributed by atoms with Crippen molar-refractivity contribution < 1.29 is 5.11 Å². The van der Waals surface area contributed by atoms with Gasteiger partial charge in [-0.15, -0.1) is 0 Å². The molecule has 13 heavy (non-hydrogen) atoms. The zero-order chi connectivity index (χ0) is 9.73. The van der Waals surface area contributed by atoms with E-state index in [1.807, 2.05) is 11.8 Å². The number of hydrogen-bond donors (Lipinski definition) is 2. The molecule has 0 aliphatic heterocycles. The topological polar surface area (TPSA) is 46.2 Å². The maximum atomic E-state index is 9.96. The third kappa shape index (κ3) is 2.61. The molecule has 0 aromatic rings. The Morgan fingerprint density at radius 2 is 2.23 bits per heavy atom. The van der Waals surface area contributed by atoms with E-state index in [0.717, 1.165) is 31.4 Å². The molecule has 1 rings (SSSR count). The van der Waals surface area contributed by atoms with Crippen LogP contribution in [-0.4, -0.2) is 29.8 Å². The van der Waals surface area contributed by atoms with Crippen LogP contribution in [0.5, 0.6) is 0 Å². The Morgan fingerprint density at radius 1 is 1.54 bits per heavy atom. The Labute approximate surface area is 85.3 Å². The zero-order valence-electron chi connectivity index (χ0n) is 8.46. The molecule has 0 heterocycles. The Hall–Kier alpha value is 0.270. The molecule has 1 fully saturated rings. The fourth-order valence-corrected chi connectivity index (χ4v) is 2.49. The molecular weight excluding hydrogens is 182 g/mol. The minimum absolute atomic E-state index is 0.0956. The number of hydrogen-bond acceptors (Lipinski definition) is 3. The molecular formula is C10H21NOS. The minimum atomic E-state index is -0.154. The van der Waals surface area contributed by atoms with Crippen LogP contribution < -0.4 is 5.73 Å². The van der Waals surface area contributed by atoms with Crippen molar-refractivity contribution in [2.24, 2.45) is 11.1 Å². The maximum absolute atomic E-state index is 9.96. The average Bonchev–Trinajstić information content (AvgIpc) is 2.04. The summed E-state index contributed by atoms with van der Waals surface area (Å²) in [6, 6.07) is 0. The van der Waals surface area contributed by atoms with Crippen LogP contribution in [0.2, 0.25) is 0 Å². The second-order valence-electron chi connectivity index (χ2n) is 4.07. The summed E-state index contributed by atoms with van der Waals surface area (Å²) >= 11 is 1.85. The van der Waals surface area contributed by atoms with E-state index in [1.54, 1.807) is 0 Å². The maximum Gasteiger partial charge on any atom is 0.0608 e. The quantitative estimate of drug-likeness (QED) is 0.645. The first-order valence-electron chi connectivity index (χ1n) is 5.12. The summed E-state index contributed by atoms with van der Waals surface area (Å²) in [7, 11) is 0. The van der Waals surface area contributed by atoms with Gasteiger partial charge in [-0.2, -0.15) is 11.8 Å². The molecule has 2 nitrogen and oxygen atoms in total. The van der Waals surface area contributed by atoms with E-state index in [-0.39, 0.29) is 11.5 Å². The van der Waals surface area contributed by atoms with Crippen molar-refractivity contribution in [1.82, 2.24) is 0 Å². The SMILES string of the molecule is CSCCCC(O)C1(CN)CCC1. The van der Waals surface area contributed by atoms with Crippen LogP contribution in [0.1, 0.15) is 32.1 Å². The summed E-state index contributed by atoms with van der Waals surface area (Å²) in [6.07, 6.45) is 7.50. The largest absolute Gasteiger partial charge is 0.393 e. The van der Waals surface area contributed by atoms with Gasteiger partial charge in [0, 0.05) is 12.0 Å². The van der Waals surface area contributed by atoms with Crippen molar-refractivity contribution >= 4 is 11.8 Å². The number of thioether (sulfide) groups is 1. The van der Waals surface area contributed by atoms with Crippen molar-refractivity contribution in [2.45, 2.75) is 38.2 Å². The molecule has 3 heteroatoms. The van der Waals surface area contributed by atoms with Gasteiger partial charge < -0.3 is 10.8 Å². The molecule has 0 aromatic carbocycles. The summed E-state index contributed by atoms with van der Waals surface area (Å²) < 4.78 is 0. The summed E-state index contributed by atoms with van der Waals surface area (Å²) in [6.45, 7) is 0.660. The average molecular weight is 203 g/mol. The Morgan fingerprint density at radius 3 is 2.62 bits per heavy atom. The summed E-state index contributed by atoms with van der Waals surface area (Å²) in [5, 5.41) is 9.96. The molecule has 0 radical (unpaired) electrons. The lowest BCUT2D eigenvalue weighted by Gasteiger charge is -2.44. The monoisotopic (exact) mass is 203 g/mol. The van der Waals surface area contributed by atoms with Crippen LogP contribution in [0.25, 0.3) is 0 Å². The number of aliphatic hydroxyl groups excluding tert-OH is 1. The van der Waals surface area contributed by atoms with Crippen LogP contribution in [0.15, 0.2) is 0 Å². The van der Waals surface area contributed by atoms with Crippen LogP contribution in [0.3, 0.4) is 0 Å². The van der Waals surface area contributed by atoms with E-state index >= 15 is 0 Å². The fourth-order valence-electron chi connectivity index (χ4n) is 2.03. The van der Waals surface area contributed by atoms with Crippen LogP contribution in [0, 0.1) is 5.41 Å². The normalized spacial score (nSPS) is 22.4. The van der Waals surface area contributed by atoms with Gasteiger partial charge in [-0.1, -0.05) is 6.42 Å². The molecule has 1 aliphatic carbocycles. The third-order valence-electron chi connectivity index (χ3n) is 3.29. The highest BCUT2D eigenvalue weighted by Crippen LogP contribution is 2.44. The first-order chi connectivity index (χ1) is 6.25. The number of aliphatic hydroxyl groups is 1. The molecule has 0 aromatic heterocycles. The molecule has 1 saturated carbocycles. The molecule has 0 amide bonds. The van der Waals surface area contributed by atoms with E-state index in [4.69, 9.17) is 5.73 Å². The number of rotatable bonds is 6. The van der Waals surface area contributed by atoms with Gasteiger partial charge in [0.05, 0.1) is 6.10 Å². The van der Waals surface area contributed by atoms with Crippen LogP contribution in [-0.2, 0) is 0 Å². The lowest BCUT2D eigenvalue weighted by Crippen LogP contribution is -2.47. The predicted octanol–water partition coefficient (Wildman–Crippen LogP) is 1.62. The fraction of sp³-hybridized carbons (Fsp3) is 1.00. The molecule has 1 unspecified atom stereocenters. The van der Waals surface area contributed by atoms with Gasteiger partial charge in [0.1, 0.15) is 0 Å². The van der Waals surface area contributed by atoms with Crippen LogP contribution in [0.4, 0.5) is 0 Å².